The zero-order valence-electron chi connectivity index (χ0n) is 10.6. The number of hydrogen-bond acceptors (Lipinski definition) is 3. The molecule has 0 spiro atoms. The summed E-state index contributed by atoms with van der Waals surface area (Å²) in [4.78, 5) is 10.3. The highest BCUT2D eigenvalue weighted by atomic mass is 16.7. The predicted molar refractivity (Wildman–Crippen MR) is 66.4 cm³/mol. The molecule has 0 aromatic carbocycles. The van der Waals surface area contributed by atoms with Gasteiger partial charge in [0.05, 0.1) is 0 Å². The van der Waals surface area contributed by atoms with Crippen molar-refractivity contribution in [1.82, 2.24) is 0 Å². The van der Waals surface area contributed by atoms with E-state index >= 15 is 0 Å². The molecule has 3 heteroatoms. The van der Waals surface area contributed by atoms with Crippen LogP contribution in [-0.4, -0.2) is 25.3 Å². The van der Waals surface area contributed by atoms with Crippen LogP contribution in [0.25, 0.3) is 0 Å². The Morgan fingerprint density at radius 1 is 1.47 bits per heavy atom. The maximum absolute atomic E-state index is 10.3. The SMILES string of the molecule is CCCCC[C@H](C#CC=O)OC1CCCCO1. The van der Waals surface area contributed by atoms with Crippen LogP contribution in [0.3, 0.4) is 0 Å². The summed E-state index contributed by atoms with van der Waals surface area (Å²) in [5, 5.41) is 0. The summed E-state index contributed by atoms with van der Waals surface area (Å²) >= 11 is 0. The third kappa shape index (κ3) is 6.45. The minimum atomic E-state index is -0.158. The van der Waals surface area contributed by atoms with Crippen molar-refractivity contribution < 1.29 is 14.3 Å². The third-order valence-electron chi connectivity index (χ3n) is 2.83. The van der Waals surface area contributed by atoms with E-state index in [0.29, 0.717) is 6.29 Å². The summed E-state index contributed by atoms with van der Waals surface area (Å²) in [7, 11) is 0. The standard InChI is InChI=1S/C14H22O3/c1-2-3-4-8-13(9-7-11-15)17-14-10-5-6-12-16-14/h11,13-14H,2-6,8,10,12H2,1H3/t13-,14?/m1/s1. The fraction of sp³-hybridized carbons (Fsp3) is 0.786. The zero-order chi connectivity index (χ0) is 12.3. The van der Waals surface area contributed by atoms with Crippen LogP contribution in [0.2, 0.25) is 0 Å². The van der Waals surface area contributed by atoms with Gasteiger partial charge in [0.25, 0.3) is 0 Å². The van der Waals surface area contributed by atoms with E-state index in [1.165, 1.54) is 12.8 Å². The summed E-state index contributed by atoms with van der Waals surface area (Å²) in [5.41, 5.74) is 0. The summed E-state index contributed by atoms with van der Waals surface area (Å²) in [5.74, 6) is 5.31. The first-order valence-corrected chi connectivity index (χ1v) is 6.58. The third-order valence-corrected chi connectivity index (χ3v) is 2.83. The highest BCUT2D eigenvalue weighted by Gasteiger charge is 2.18. The maximum atomic E-state index is 10.3. The van der Waals surface area contributed by atoms with E-state index in [1.807, 2.05) is 0 Å². The molecule has 1 aliphatic heterocycles. The van der Waals surface area contributed by atoms with Crippen molar-refractivity contribution in [3.63, 3.8) is 0 Å². The Morgan fingerprint density at radius 2 is 2.35 bits per heavy atom. The van der Waals surface area contributed by atoms with Gasteiger partial charge in [-0.25, -0.2) is 0 Å². The summed E-state index contributed by atoms with van der Waals surface area (Å²) < 4.78 is 11.3. The molecule has 1 heterocycles. The van der Waals surface area contributed by atoms with Gasteiger partial charge in [-0.1, -0.05) is 25.7 Å². The lowest BCUT2D eigenvalue weighted by Crippen LogP contribution is -2.27. The van der Waals surface area contributed by atoms with Crippen LogP contribution in [0.15, 0.2) is 0 Å². The molecule has 1 fully saturated rings. The molecule has 0 aromatic rings. The summed E-state index contributed by atoms with van der Waals surface area (Å²) in [6.07, 6.45) is 7.85. The summed E-state index contributed by atoms with van der Waals surface area (Å²) in [6.45, 7) is 2.94. The second-order valence-electron chi connectivity index (χ2n) is 4.32. The van der Waals surface area contributed by atoms with Crippen LogP contribution in [0, 0.1) is 11.8 Å². The minimum Gasteiger partial charge on any atom is -0.353 e. The monoisotopic (exact) mass is 238 g/mol. The van der Waals surface area contributed by atoms with Gasteiger partial charge in [0.15, 0.2) is 12.6 Å². The van der Waals surface area contributed by atoms with E-state index in [9.17, 15) is 4.79 Å². The van der Waals surface area contributed by atoms with Crippen molar-refractivity contribution in [3.8, 4) is 11.8 Å². The topological polar surface area (TPSA) is 35.5 Å². The van der Waals surface area contributed by atoms with Crippen LogP contribution in [0.1, 0.15) is 51.9 Å². The normalized spacial score (nSPS) is 21.4. The largest absolute Gasteiger partial charge is 0.353 e. The molecule has 1 rings (SSSR count). The Labute approximate surface area is 104 Å². The Balaban J connectivity index is 2.35. The van der Waals surface area contributed by atoms with Crippen LogP contribution < -0.4 is 0 Å². The zero-order valence-corrected chi connectivity index (χ0v) is 10.6. The molecule has 0 radical (unpaired) electrons. The number of unbranched alkanes of at least 4 members (excludes halogenated alkanes) is 2. The van der Waals surface area contributed by atoms with Gasteiger partial charge in [0.2, 0.25) is 0 Å². The molecule has 0 saturated carbocycles. The molecule has 0 amide bonds. The lowest BCUT2D eigenvalue weighted by atomic mass is 10.1. The number of carbonyl (C=O) groups excluding carboxylic acids is 1. The molecule has 17 heavy (non-hydrogen) atoms. The predicted octanol–water partition coefficient (Wildman–Crippen LogP) is 2.68. The van der Waals surface area contributed by atoms with Crippen LogP contribution in [-0.2, 0) is 14.3 Å². The first-order valence-electron chi connectivity index (χ1n) is 6.58. The highest BCUT2D eigenvalue weighted by molar-refractivity contribution is 5.72. The number of carbonyl (C=O) groups is 1. The first-order chi connectivity index (χ1) is 8.36. The van der Waals surface area contributed by atoms with E-state index in [-0.39, 0.29) is 12.4 Å². The smallest absolute Gasteiger partial charge is 0.192 e. The molecule has 96 valence electrons. The van der Waals surface area contributed by atoms with Gasteiger partial charge in [-0.15, -0.1) is 0 Å². The second kappa shape index (κ2) is 9.21. The molecule has 1 saturated heterocycles. The Bertz CT molecular complexity index is 258. The molecule has 3 nitrogen and oxygen atoms in total. The quantitative estimate of drug-likeness (QED) is 0.405. The first kappa shape index (κ1) is 14.2. The lowest BCUT2D eigenvalue weighted by molar-refractivity contribution is -0.177. The molecular weight excluding hydrogens is 216 g/mol. The minimum absolute atomic E-state index is 0.128. The Hall–Kier alpha value is -0.850. The molecule has 1 unspecified atom stereocenters. The Morgan fingerprint density at radius 3 is 3.00 bits per heavy atom. The van der Waals surface area contributed by atoms with Crippen molar-refractivity contribution in [3.05, 3.63) is 0 Å². The van der Waals surface area contributed by atoms with E-state index < -0.39 is 0 Å². The van der Waals surface area contributed by atoms with Crippen molar-refractivity contribution in [2.75, 3.05) is 6.61 Å². The van der Waals surface area contributed by atoms with E-state index in [2.05, 4.69) is 18.8 Å². The van der Waals surface area contributed by atoms with Gasteiger partial charge in [0, 0.05) is 6.61 Å². The molecule has 0 N–H and O–H groups in total. The van der Waals surface area contributed by atoms with Gasteiger partial charge in [-0.05, 0) is 38.0 Å². The molecular formula is C14H22O3. The van der Waals surface area contributed by atoms with Gasteiger partial charge in [-0.2, -0.15) is 0 Å². The van der Waals surface area contributed by atoms with Gasteiger partial charge in [-0.3, -0.25) is 4.79 Å². The molecule has 1 aliphatic rings. The fourth-order valence-corrected chi connectivity index (χ4v) is 1.88. The average molecular weight is 238 g/mol. The lowest BCUT2D eigenvalue weighted by Gasteiger charge is -2.25. The van der Waals surface area contributed by atoms with Crippen molar-refractivity contribution in [2.45, 2.75) is 64.3 Å². The van der Waals surface area contributed by atoms with Gasteiger partial charge in [0.1, 0.15) is 6.10 Å². The van der Waals surface area contributed by atoms with Crippen LogP contribution in [0.5, 0.6) is 0 Å². The molecule has 0 bridgehead atoms. The molecule has 2 atom stereocenters. The number of hydrogen-bond donors (Lipinski definition) is 0. The van der Waals surface area contributed by atoms with E-state index in [1.54, 1.807) is 0 Å². The number of ether oxygens (including phenoxy) is 2. The van der Waals surface area contributed by atoms with Crippen molar-refractivity contribution in [1.29, 1.82) is 0 Å². The fourth-order valence-electron chi connectivity index (χ4n) is 1.88. The average Bonchev–Trinajstić information content (AvgIpc) is 2.37. The highest BCUT2D eigenvalue weighted by Crippen LogP contribution is 2.17. The van der Waals surface area contributed by atoms with Crippen molar-refractivity contribution >= 4 is 6.29 Å². The summed E-state index contributed by atoms with van der Waals surface area (Å²) in [6, 6.07) is 0. The van der Waals surface area contributed by atoms with Crippen LogP contribution in [0.4, 0.5) is 0 Å². The van der Waals surface area contributed by atoms with Crippen LogP contribution >= 0.6 is 0 Å². The second-order valence-corrected chi connectivity index (χ2v) is 4.32. The van der Waals surface area contributed by atoms with Gasteiger partial charge >= 0.3 is 0 Å². The molecule has 0 aliphatic carbocycles. The number of aldehydes is 1. The molecule has 0 aromatic heterocycles. The Kier molecular flexibility index (Phi) is 7.70. The van der Waals surface area contributed by atoms with E-state index in [4.69, 9.17) is 9.47 Å². The maximum Gasteiger partial charge on any atom is 0.192 e. The van der Waals surface area contributed by atoms with E-state index in [0.717, 1.165) is 38.7 Å². The van der Waals surface area contributed by atoms with Crippen molar-refractivity contribution in [2.24, 2.45) is 0 Å². The van der Waals surface area contributed by atoms with Gasteiger partial charge < -0.3 is 9.47 Å². The number of rotatable bonds is 6.